The smallest absolute Gasteiger partial charge is 0.407 e. The molecule has 0 aliphatic heterocycles. The van der Waals surface area contributed by atoms with E-state index in [9.17, 15) is 9.59 Å². The van der Waals surface area contributed by atoms with Gasteiger partial charge in [0.1, 0.15) is 12.4 Å². The number of nitrogens with one attached hydrogen (secondary N) is 3. The number of hydrogen-bond acceptors (Lipinski definition) is 5. The Morgan fingerprint density at radius 1 is 0.848 bits per heavy atom. The summed E-state index contributed by atoms with van der Waals surface area (Å²) in [5.74, 6) is 0.773. The third-order valence-electron chi connectivity index (χ3n) is 5.50. The Morgan fingerprint density at radius 3 is 2.09 bits per heavy atom. The number of methoxy groups -OCH3 is 1. The molecule has 8 nitrogen and oxygen atoms in total. The Morgan fingerprint density at radius 2 is 1.45 bits per heavy atom. The average molecular weight is 466 g/mol. The van der Waals surface area contributed by atoms with Gasteiger partial charge in [0.2, 0.25) is 0 Å². The average Bonchev–Trinajstić information content (AvgIpc) is 2.72. The van der Waals surface area contributed by atoms with E-state index >= 15 is 0 Å². The molecule has 1 aromatic carbocycles. The number of amides is 2. The molecule has 0 heterocycles. The van der Waals surface area contributed by atoms with Crippen LogP contribution in [0.1, 0.15) is 78.2 Å². The highest BCUT2D eigenvalue weighted by Gasteiger charge is 2.21. The molecule has 4 N–H and O–H groups in total. The SMILES string of the molecule is COc1ccc(COC(=O)NC(C)(C)CCCCCCCNCCC(C)(C)NC(=O)O)cc1. The number of benzene rings is 1. The maximum absolute atomic E-state index is 12.1. The van der Waals surface area contributed by atoms with Crippen LogP contribution in [0.15, 0.2) is 24.3 Å². The van der Waals surface area contributed by atoms with Crippen molar-refractivity contribution in [1.82, 2.24) is 16.0 Å². The minimum Gasteiger partial charge on any atom is -0.497 e. The molecule has 33 heavy (non-hydrogen) atoms. The van der Waals surface area contributed by atoms with E-state index in [1.54, 1.807) is 7.11 Å². The summed E-state index contributed by atoms with van der Waals surface area (Å²) in [6.07, 6.45) is 5.86. The van der Waals surface area contributed by atoms with Crippen LogP contribution in [-0.2, 0) is 11.3 Å². The monoisotopic (exact) mass is 465 g/mol. The first-order valence-corrected chi connectivity index (χ1v) is 11.8. The zero-order valence-electron chi connectivity index (χ0n) is 21.0. The lowest BCUT2D eigenvalue weighted by atomic mass is 9.96. The van der Waals surface area contributed by atoms with Crippen molar-refractivity contribution in [1.29, 1.82) is 0 Å². The fourth-order valence-electron chi connectivity index (χ4n) is 3.47. The fraction of sp³-hybridized carbons (Fsp3) is 0.680. The minimum absolute atomic E-state index is 0.230. The van der Waals surface area contributed by atoms with Crippen molar-refractivity contribution in [3.8, 4) is 5.75 Å². The van der Waals surface area contributed by atoms with Crippen LogP contribution in [0.3, 0.4) is 0 Å². The molecule has 0 saturated heterocycles. The second-order valence-electron chi connectivity index (χ2n) is 9.76. The fourth-order valence-corrected chi connectivity index (χ4v) is 3.47. The third kappa shape index (κ3) is 14.3. The lowest BCUT2D eigenvalue weighted by molar-refractivity contribution is 0.128. The summed E-state index contributed by atoms with van der Waals surface area (Å²) in [6, 6.07) is 7.45. The number of hydrogen-bond donors (Lipinski definition) is 4. The van der Waals surface area contributed by atoms with Gasteiger partial charge in [0.15, 0.2) is 0 Å². The molecule has 0 aromatic heterocycles. The van der Waals surface area contributed by atoms with Crippen molar-refractivity contribution in [3.05, 3.63) is 29.8 Å². The molecule has 2 amide bonds. The Kier molecular flexibility index (Phi) is 12.7. The van der Waals surface area contributed by atoms with Gasteiger partial charge in [-0.1, -0.05) is 37.8 Å². The molecule has 0 atom stereocenters. The van der Waals surface area contributed by atoms with Crippen LogP contribution in [0.4, 0.5) is 9.59 Å². The van der Waals surface area contributed by atoms with E-state index in [-0.39, 0.29) is 12.1 Å². The largest absolute Gasteiger partial charge is 0.497 e. The Labute approximate surface area is 198 Å². The van der Waals surface area contributed by atoms with Gasteiger partial charge < -0.3 is 30.5 Å². The summed E-state index contributed by atoms with van der Waals surface area (Å²) in [6.45, 7) is 9.78. The number of carboxylic acid groups (broad SMARTS) is 1. The predicted molar refractivity (Wildman–Crippen MR) is 131 cm³/mol. The molecule has 1 aromatic rings. The predicted octanol–water partition coefficient (Wildman–Crippen LogP) is 5.07. The molecule has 8 heteroatoms. The van der Waals surface area contributed by atoms with E-state index in [2.05, 4.69) is 16.0 Å². The highest BCUT2D eigenvalue weighted by atomic mass is 16.5. The first-order valence-electron chi connectivity index (χ1n) is 11.8. The van der Waals surface area contributed by atoms with E-state index in [0.29, 0.717) is 0 Å². The third-order valence-corrected chi connectivity index (χ3v) is 5.50. The van der Waals surface area contributed by atoms with Gasteiger partial charge in [0.05, 0.1) is 7.11 Å². The minimum atomic E-state index is -0.983. The van der Waals surface area contributed by atoms with Gasteiger partial charge in [-0.05, 0) is 77.7 Å². The van der Waals surface area contributed by atoms with Crippen LogP contribution >= 0.6 is 0 Å². The maximum Gasteiger partial charge on any atom is 0.407 e. The van der Waals surface area contributed by atoms with E-state index in [1.807, 2.05) is 52.0 Å². The first kappa shape index (κ1) is 28.6. The topological polar surface area (TPSA) is 109 Å². The van der Waals surface area contributed by atoms with Crippen LogP contribution in [0.25, 0.3) is 0 Å². The number of carbonyl (C=O) groups is 2. The van der Waals surface area contributed by atoms with E-state index in [4.69, 9.17) is 14.6 Å². The Bertz CT molecular complexity index is 704. The van der Waals surface area contributed by atoms with Crippen LogP contribution in [0, 0.1) is 0 Å². The summed E-state index contributed by atoms with van der Waals surface area (Å²) in [4.78, 5) is 22.9. The maximum atomic E-state index is 12.1. The summed E-state index contributed by atoms with van der Waals surface area (Å²) in [7, 11) is 1.62. The summed E-state index contributed by atoms with van der Waals surface area (Å²) < 4.78 is 10.5. The number of rotatable bonds is 16. The summed E-state index contributed by atoms with van der Waals surface area (Å²) in [5, 5.41) is 17.7. The number of carbonyl (C=O) groups excluding carboxylic acids is 1. The van der Waals surface area contributed by atoms with Crippen molar-refractivity contribution < 1.29 is 24.2 Å². The van der Waals surface area contributed by atoms with Gasteiger partial charge in [0.25, 0.3) is 0 Å². The van der Waals surface area contributed by atoms with E-state index in [0.717, 1.165) is 69.3 Å². The van der Waals surface area contributed by atoms with Crippen molar-refractivity contribution >= 4 is 12.2 Å². The highest BCUT2D eigenvalue weighted by molar-refractivity contribution is 5.68. The molecular formula is C25H43N3O5. The van der Waals surface area contributed by atoms with Crippen molar-refractivity contribution in [2.45, 2.75) is 90.3 Å². The second kappa shape index (κ2) is 14.6. The molecule has 0 aliphatic carbocycles. The molecule has 188 valence electrons. The number of unbranched alkanes of at least 4 members (excludes halogenated alkanes) is 4. The lowest BCUT2D eigenvalue weighted by Gasteiger charge is -2.26. The van der Waals surface area contributed by atoms with Crippen LogP contribution in [0.2, 0.25) is 0 Å². The van der Waals surface area contributed by atoms with Gasteiger partial charge in [-0.3, -0.25) is 0 Å². The van der Waals surface area contributed by atoms with Gasteiger partial charge in [-0.15, -0.1) is 0 Å². The van der Waals surface area contributed by atoms with Crippen molar-refractivity contribution in [2.75, 3.05) is 20.2 Å². The Balaban J connectivity index is 2.06. The summed E-state index contributed by atoms with van der Waals surface area (Å²) in [5.41, 5.74) is 0.191. The molecule has 0 unspecified atom stereocenters. The lowest BCUT2D eigenvalue weighted by Crippen LogP contribution is -2.44. The molecule has 0 bridgehead atoms. The quantitative estimate of drug-likeness (QED) is 0.254. The van der Waals surface area contributed by atoms with Crippen LogP contribution in [-0.4, -0.2) is 48.6 Å². The van der Waals surface area contributed by atoms with Gasteiger partial charge in [0, 0.05) is 11.1 Å². The standard InChI is InChI=1S/C25H43N3O5/c1-24(2,28-23(31)33-19-20-11-13-21(32-5)14-12-20)15-9-7-6-8-10-17-26-18-16-25(3,4)27-22(29)30/h11-14,26-27H,6-10,15-19H2,1-5H3,(H,28,31)(H,29,30). The first-order chi connectivity index (χ1) is 15.5. The molecule has 0 aliphatic rings. The van der Waals surface area contributed by atoms with Crippen LogP contribution in [0.5, 0.6) is 5.75 Å². The summed E-state index contributed by atoms with van der Waals surface area (Å²) >= 11 is 0. The molecule has 0 radical (unpaired) electrons. The van der Waals surface area contributed by atoms with Gasteiger partial charge in [-0.25, -0.2) is 9.59 Å². The molecule has 1 rings (SSSR count). The van der Waals surface area contributed by atoms with Gasteiger partial charge in [-0.2, -0.15) is 0 Å². The van der Waals surface area contributed by atoms with E-state index < -0.39 is 17.7 Å². The van der Waals surface area contributed by atoms with Gasteiger partial charge >= 0.3 is 12.2 Å². The number of alkyl carbamates (subject to hydrolysis) is 1. The van der Waals surface area contributed by atoms with Crippen molar-refractivity contribution in [3.63, 3.8) is 0 Å². The molecule has 0 fully saturated rings. The second-order valence-corrected chi connectivity index (χ2v) is 9.76. The normalized spacial score (nSPS) is 11.7. The van der Waals surface area contributed by atoms with Crippen LogP contribution < -0.4 is 20.7 Å². The zero-order valence-corrected chi connectivity index (χ0v) is 21.0. The highest BCUT2D eigenvalue weighted by Crippen LogP contribution is 2.16. The molecule has 0 spiro atoms. The Hall–Kier alpha value is -2.48. The zero-order chi connectivity index (χ0) is 24.7. The van der Waals surface area contributed by atoms with E-state index in [1.165, 1.54) is 0 Å². The number of ether oxygens (including phenoxy) is 2. The molecular weight excluding hydrogens is 422 g/mol. The van der Waals surface area contributed by atoms with Crippen molar-refractivity contribution in [2.24, 2.45) is 0 Å². The molecule has 0 saturated carbocycles.